The SMILES string of the molecule is O=COC(c1ccccc1)([N+](=O)[O-])[N+](=O)[O-]. The van der Waals surface area contributed by atoms with Crippen molar-refractivity contribution in [1.82, 2.24) is 0 Å². The Balaban J connectivity index is 3.38. The molecule has 0 N–H and O–H groups in total. The van der Waals surface area contributed by atoms with E-state index in [4.69, 9.17) is 0 Å². The third-order valence-corrected chi connectivity index (χ3v) is 1.86. The van der Waals surface area contributed by atoms with Crippen molar-refractivity contribution in [1.29, 1.82) is 0 Å². The lowest BCUT2D eigenvalue weighted by Gasteiger charge is -2.13. The number of hydrogen-bond donors (Lipinski definition) is 0. The molecule has 0 fully saturated rings. The summed E-state index contributed by atoms with van der Waals surface area (Å²) in [5.74, 6) is -3.08. The summed E-state index contributed by atoms with van der Waals surface area (Å²) in [6, 6.07) is 6.52. The minimum Gasteiger partial charge on any atom is -0.336 e. The van der Waals surface area contributed by atoms with Gasteiger partial charge in [-0.15, -0.1) is 0 Å². The van der Waals surface area contributed by atoms with Gasteiger partial charge < -0.3 is 4.74 Å². The molecule has 1 rings (SSSR count). The van der Waals surface area contributed by atoms with Gasteiger partial charge in [0.2, 0.25) is 0 Å². The first kappa shape index (κ1) is 11.6. The highest BCUT2D eigenvalue weighted by Crippen LogP contribution is 2.26. The van der Waals surface area contributed by atoms with Crippen molar-refractivity contribution in [2.24, 2.45) is 0 Å². The molecular weight excluding hydrogens is 220 g/mol. The number of rotatable bonds is 5. The predicted octanol–water partition coefficient (Wildman–Crippen LogP) is 0.523. The molecule has 0 aromatic heterocycles. The Morgan fingerprint density at radius 1 is 1.12 bits per heavy atom. The molecule has 0 amide bonds. The molecule has 0 aliphatic rings. The third kappa shape index (κ3) is 1.67. The van der Waals surface area contributed by atoms with Crippen molar-refractivity contribution in [3.8, 4) is 0 Å². The van der Waals surface area contributed by atoms with E-state index in [1.165, 1.54) is 18.2 Å². The van der Waals surface area contributed by atoms with Gasteiger partial charge in [-0.25, -0.2) is 0 Å². The van der Waals surface area contributed by atoms with E-state index >= 15 is 0 Å². The minimum absolute atomic E-state index is 0.321. The van der Waals surface area contributed by atoms with Crippen LogP contribution in [0, 0.1) is 20.2 Å². The van der Waals surface area contributed by atoms with Crippen LogP contribution in [0.5, 0.6) is 0 Å². The van der Waals surface area contributed by atoms with Crippen LogP contribution in [0.1, 0.15) is 5.56 Å². The molecule has 1 aromatic carbocycles. The maximum absolute atomic E-state index is 10.7. The maximum atomic E-state index is 10.7. The quantitative estimate of drug-likeness (QED) is 0.313. The molecule has 0 atom stereocenters. The van der Waals surface area contributed by atoms with Gasteiger partial charge in [0.1, 0.15) is 9.85 Å². The fourth-order valence-electron chi connectivity index (χ4n) is 1.15. The van der Waals surface area contributed by atoms with Crippen molar-refractivity contribution in [3.63, 3.8) is 0 Å². The maximum Gasteiger partial charge on any atom is 0.650 e. The monoisotopic (exact) mass is 226 g/mol. The van der Waals surface area contributed by atoms with Crippen molar-refractivity contribution in [3.05, 3.63) is 56.1 Å². The first-order valence-corrected chi connectivity index (χ1v) is 4.01. The third-order valence-electron chi connectivity index (χ3n) is 1.86. The Labute approximate surface area is 88.7 Å². The molecule has 0 saturated heterocycles. The lowest BCUT2D eigenvalue weighted by Crippen LogP contribution is -2.45. The largest absolute Gasteiger partial charge is 0.650 e. The first-order chi connectivity index (χ1) is 7.55. The topological polar surface area (TPSA) is 113 Å². The normalized spacial score (nSPS) is 10.5. The van der Waals surface area contributed by atoms with E-state index in [-0.39, 0.29) is 12.0 Å². The molecule has 0 aliphatic carbocycles. The van der Waals surface area contributed by atoms with Crippen LogP contribution in [0.2, 0.25) is 0 Å². The molecule has 0 heterocycles. The average Bonchev–Trinajstić information content (AvgIpc) is 2.26. The Morgan fingerprint density at radius 2 is 1.62 bits per heavy atom. The molecule has 0 aliphatic heterocycles. The standard InChI is InChI=1S/C8H6N2O6/c11-6-16-8(9(12)13,10(14)15)7-4-2-1-3-5-7/h1-6H. The highest BCUT2D eigenvalue weighted by Gasteiger charge is 2.62. The Morgan fingerprint density at radius 3 is 2.00 bits per heavy atom. The summed E-state index contributed by atoms with van der Waals surface area (Å²) in [6.45, 7) is -0.321. The number of carbonyl (C=O) groups is 1. The molecule has 84 valence electrons. The smallest absolute Gasteiger partial charge is 0.336 e. The van der Waals surface area contributed by atoms with Crippen molar-refractivity contribution in [2.75, 3.05) is 0 Å². The summed E-state index contributed by atoms with van der Waals surface area (Å²) >= 11 is 0. The van der Waals surface area contributed by atoms with Crippen LogP contribution in [-0.2, 0) is 15.4 Å². The number of hydrogen-bond acceptors (Lipinski definition) is 6. The fraction of sp³-hybridized carbons (Fsp3) is 0.125. The van der Waals surface area contributed by atoms with E-state index in [9.17, 15) is 25.0 Å². The zero-order chi connectivity index (χ0) is 12.2. The molecule has 0 radical (unpaired) electrons. The fourth-order valence-corrected chi connectivity index (χ4v) is 1.15. The summed E-state index contributed by atoms with van der Waals surface area (Å²) in [4.78, 5) is 29.1. The second kappa shape index (κ2) is 4.34. The van der Waals surface area contributed by atoms with Crippen LogP contribution >= 0.6 is 0 Å². The number of benzene rings is 1. The van der Waals surface area contributed by atoms with Crippen LogP contribution in [0.4, 0.5) is 0 Å². The highest BCUT2D eigenvalue weighted by molar-refractivity contribution is 5.38. The number of ether oxygens (including phenoxy) is 1. The number of nitro groups is 2. The van der Waals surface area contributed by atoms with E-state index in [2.05, 4.69) is 4.74 Å². The van der Waals surface area contributed by atoms with E-state index < -0.39 is 15.7 Å². The second-order valence-electron chi connectivity index (χ2n) is 2.70. The highest BCUT2D eigenvalue weighted by atomic mass is 16.8. The van der Waals surface area contributed by atoms with E-state index in [0.717, 1.165) is 12.1 Å². The summed E-state index contributed by atoms with van der Waals surface area (Å²) in [6.07, 6.45) is 0. The summed E-state index contributed by atoms with van der Waals surface area (Å²) in [5, 5.41) is 21.5. The molecule has 8 nitrogen and oxygen atoms in total. The molecular formula is C8H6N2O6. The summed E-state index contributed by atoms with van der Waals surface area (Å²) in [5.41, 5.74) is -0.336. The van der Waals surface area contributed by atoms with Crippen LogP contribution in [0.25, 0.3) is 0 Å². The summed E-state index contributed by atoms with van der Waals surface area (Å²) in [7, 11) is 0. The van der Waals surface area contributed by atoms with Gasteiger partial charge >= 0.3 is 12.3 Å². The molecule has 0 spiro atoms. The number of carbonyl (C=O) groups excluding carboxylic acids is 1. The van der Waals surface area contributed by atoms with E-state index in [1.807, 2.05) is 0 Å². The predicted molar refractivity (Wildman–Crippen MR) is 49.3 cm³/mol. The van der Waals surface area contributed by atoms with Crippen LogP contribution in [-0.4, -0.2) is 16.3 Å². The van der Waals surface area contributed by atoms with Gasteiger partial charge in [-0.05, 0) is 12.1 Å². The van der Waals surface area contributed by atoms with Gasteiger partial charge in [-0.1, -0.05) is 18.2 Å². The van der Waals surface area contributed by atoms with Gasteiger partial charge in [-0.3, -0.25) is 25.0 Å². The minimum atomic E-state index is -3.08. The van der Waals surface area contributed by atoms with Gasteiger partial charge in [0, 0.05) is 0 Å². The van der Waals surface area contributed by atoms with Crippen LogP contribution in [0.3, 0.4) is 0 Å². The molecule has 0 saturated carbocycles. The average molecular weight is 226 g/mol. The molecule has 16 heavy (non-hydrogen) atoms. The van der Waals surface area contributed by atoms with Gasteiger partial charge in [-0.2, -0.15) is 0 Å². The van der Waals surface area contributed by atoms with Gasteiger partial charge in [0.25, 0.3) is 0 Å². The van der Waals surface area contributed by atoms with Crippen molar-refractivity contribution < 1.29 is 19.4 Å². The lowest BCUT2D eigenvalue weighted by atomic mass is 10.1. The Kier molecular flexibility index (Phi) is 3.14. The molecule has 8 heteroatoms. The Bertz CT molecular complexity index is 404. The Hall–Kier alpha value is -2.51. The zero-order valence-electron chi connectivity index (χ0n) is 7.81. The lowest BCUT2D eigenvalue weighted by molar-refractivity contribution is -0.858. The van der Waals surface area contributed by atoms with Crippen molar-refractivity contribution in [2.45, 2.75) is 5.85 Å². The van der Waals surface area contributed by atoms with Gasteiger partial charge in [0.15, 0.2) is 5.56 Å². The van der Waals surface area contributed by atoms with Crippen molar-refractivity contribution >= 4 is 6.47 Å². The van der Waals surface area contributed by atoms with Gasteiger partial charge in [0.05, 0.1) is 0 Å². The molecule has 1 aromatic rings. The molecule has 0 unspecified atom stereocenters. The van der Waals surface area contributed by atoms with Crippen LogP contribution in [0.15, 0.2) is 30.3 Å². The summed E-state index contributed by atoms with van der Waals surface area (Å²) < 4.78 is 4.06. The first-order valence-electron chi connectivity index (χ1n) is 4.01. The molecule has 0 bridgehead atoms. The second-order valence-corrected chi connectivity index (χ2v) is 2.70. The van der Waals surface area contributed by atoms with E-state index in [0.29, 0.717) is 0 Å². The zero-order valence-corrected chi connectivity index (χ0v) is 7.81. The van der Waals surface area contributed by atoms with Crippen LogP contribution < -0.4 is 0 Å². The number of nitrogens with zero attached hydrogens (tertiary/aromatic N) is 2. The van der Waals surface area contributed by atoms with E-state index in [1.54, 1.807) is 0 Å².